The van der Waals surface area contributed by atoms with Gasteiger partial charge in [-0.15, -0.1) is 0 Å². The minimum Gasteiger partial charge on any atom is -0.495 e. The van der Waals surface area contributed by atoms with E-state index in [2.05, 4.69) is 5.32 Å². The maximum Gasteiger partial charge on any atom is 0.231 e. The number of rotatable bonds is 4. The molecular weight excluding hydrogens is 288 g/mol. The van der Waals surface area contributed by atoms with Crippen LogP contribution in [0.25, 0.3) is 0 Å². The van der Waals surface area contributed by atoms with Gasteiger partial charge in [0.1, 0.15) is 5.75 Å². The minimum atomic E-state index is -0.442. The standard InChI is InChI=1S/C16H23ClN2O2/c1-21-14-7-6-12(10-13(14)17)19-15(20)16(11-18)8-4-2-3-5-9-16/h6-7,10H,2-5,8-9,11,18H2,1H3,(H,19,20). The summed E-state index contributed by atoms with van der Waals surface area (Å²) in [6, 6.07) is 5.25. The fraction of sp³-hybridized carbons (Fsp3) is 0.562. The molecule has 4 nitrogen and oxygen atoms in total. The van der Waals surface area contributed by atoms with Gasteiger partial charge in [0.2, 0.25) is 5.91 Å². The first kappa shape index (κ1) is 16.1. The van der Waals surface area contributed by atoms with E-state index in [0.29, 0.717) is 23.0 Å². The van der Waals surface area contributed by atoms with Crippen molar-refractivity contribution in [2.24, 2.45) is 11.1 Å². The van der Waals surface area contributed by atoms with Crippen LogP contribution in [0.15, 0.2) is 18.2 Å². The second-order valence-electron chi connectivity index (χ2n) is 5.70. The van der Waals surface area contributed by atoms with Crippen molar-refractivity contribution in [3.63, 3.8) is 0 Å². The molecule has 1 fully saturated rings. The molecule has 116 valence electrons. The zero-order chi connectivity index (χ0) is 15.3. The SMILES string of the molecule is COc1ccc(NC(=O)C2(CN)CCCCCC2)cc1Cl. The lowest BCUT2D eigenvalue weighted by molar-refractivity contribution is -0.125. The van der Waals surface area contributed by atoms with Crippen molar-refractivity contribution in [3.05, 3.63) is 23.2 Å². The van der Waals surface area contributed by atoms with Crippen molar-refractivity contribution in [2.75, 3.05) is 19.0 Å². The molecule has 0 saturated heterocycles. The minimum absolute atomic E-state index is 0.00753. The molecule has 1 aliphatic rings. The highest BCUT2D eigenvalue weighted by Crippen LogP contribution is 2.36. The fourth-order valence-corrected chi connectivity index (χ4v) is 3.19. The number of methoxy groups -OCH3 is 1. The van der Waals surface area contributed by atoms with Gasteiger partial charge in [0.05, 0.1) is 17.5 Å². The van der Waals surface area contributed by atoms with E-state index in [1.165, 1.54) is 12.8 Å². The Morgan fingerprint density at radius 2 is 2.00 bits per heavy atom. The summed E-state index contributed by atoms with van der Waals surface area (Å²) in [5.41, 5.74) is 6.17. The van der Waals surface area contributed by atoms with Crippen molar-refractivity contribution < 1.29 is 9.53 Å². The molecule has 5 heteroatoms. The monoisotopic (exact) mass is 310 g/mol. The summed E-state index contributed by atoms with van der Waals surface area (Å²) in [7, 11) is 1.56. The molecule has 1 aromatic carbocycles. The summed E-state index contributed by atoms with van der Waals surface area (Å²) in [5.74, 6) is 0.603. The molecule has 0 spiro atoms. The van der Waals surface area contributed by atoms with Crippen LogP contribution in [0.1, 0.15) is 38.5 Å². The van der Waals surface area contributed by atoms with Crippen LogP contribution in [-0.4, -0.2) is 19.6 Å². The number of carbonyl (C=O) groups is 1. The Morgan fingerprint density at radius 1 is 1.33 bits per heavy atom. The Morgan fingerprint density at radius 3 is 2.52 bits per heavy atom. The van der Waals surface area contributed by atoms with Crippen molar-refractivity contribution in [1.29, 1.82) is 0 Å². The number of amides is 1. The molecule has 0 heterocycles. The maximum atomic E-state index is 12.7. The van der Waals surface area contributed by atoms with Crippen LogP contribution in [0, 0.1) is 5.41 Å². The molecule has 1 aromatic rings. The number of nitrogens with two attached hydrogens (primary N) is 1. The zero-order valence-electron chi connectivity index (χ0n) is 12.5. The molecule has 1 saturated carbocycles. The number of nitrogens with one attached hydrogen (secondary N) is 1. The predicted octanol–water partition coefficient (Wildman–Crippen LogP) is 3.59. The third kappa shape index (κ3) is 3.69. The number of carbonyl (C=O) groups excluding carboxylic acids is 1. The smallest absolute Gasteiger partial charge is 0.231 e. The topological polar surface area (TPSA) is 64.3 Å². The molecular formula is C16H23ClN2O2. The first-order valence-corrected chi connectivity index (χ1v) is 7.84. The number of ether oxygens (including phenoxy) is 1. The molecule has 1 amide bonds. The van der Waals surface area contributed by atoms with E-state index in [1.54, 1.807) is 25.3 Å². The summed E-state index contributed by atoms with van der Waals surface area (Å²) >= 11 is 6.09. The van der Waals surface area contributed by atoms with Gasteiger partial charge in [-0.05, 0) is 31.0 Å². The Balaban J connectivity index is 2.13. The lowest BCUT2D eigenvalue weighted by atomic mass is 9.79. The van der Waals surface area contributed by atoms with Crippen LogP contribution in [-0.2, 0) is 4.79 Å². The van der Waals surface area contributed by atoms with Gasteiger partial charge in [0, 0.05) is 12.2 Å². The molecule has 0 bridgehead atoms. The van der Waals surface area contributed by atoms with Crippen LogP contribution >= 0.6 is 11.6 Å². The summed E-state index contributed by atoms with van der Waals surface area (Å²) in [6.45, 7) is 0.392. The van der Waals surface area contributed by atoms with Gasteiger partial charge in [0.15, 0.2) is 0 Å². The largest absolute Gasteiger partial charge is 0.495 e. The second-order valence-corrected chi connectivity index (χ2v) is 6.11. The lowest BCUT2D eigenvalue weighted by Crippen LogP contribution is -2.42. The molecule has 0 aromatic heterocycles. The average molecular weight is 311 g/mol. The molecule has 3 N–H and O–H groups in total. The number of anilines is 1. The second kappa shape index (κ2) is 7.14. The van der Waals surface area contributed by atoms with Crippen molar-refractivity contribution in [2.45, 2.75) is 38.5 Å². The Bertz CT molecular complexity index is 497. The highest BCUT2D eigenvalue weighted by Gasteiger charge is 2.37. The number of hydrogen-bond acceptors (Lipinski definition) is 3. The third-order valence-electron chi connectivity index (χ3n) is 4.34. The Kier molecular flexibility index (Phi) is 5.48. The first-order valence-electron chi connectivity index (χ1n) is 7.46. The van der Waals surface area contributed by atoms with Crippen molar-refractivity contribution in [3.8, 4) is 5.75 Å². The van der Waals surface area contributed by atoms with Crippen molar-refractivity contribution in [1.82, 2.24) is 0 Å². The number of halogens is 1. The average Bonchev–Trinajstić information content (AvgIpc) is 2.74. The quantitative estimate of drug-likeness (QED) is 0.835. The molecule has 0 aliphatic heterocycles. The van der Waals surface area contributed by atoms with Crippen LogP contribution in [0.3, 0.4) is 0 Å². The summed E-state index contributed by atoms with van der Waals surface area (Å²) in [5, 5.41) is 3.45. The van der Waals surface area contributed by atoms with Gasteiger partial charge in [-0.25, -0.2) is 0 Å². The maximum absolute atomic E-state index is 12.7. The summed E-state index contributed by atoms with van der Waals surface area (Å²) in [4.78, 5) is 12.7. The van der Waals surface area contributed by atoms with E-state index in [0.717, 1.165) is 25.7 Å². The zero-order valence-corrected chi connectivity index (χ0v) is 13.2. The molecule has 2 rings (SSSR count). The van der Waals surface area contributed by atoms with Gasteiger partial charge in [-0.3, -0.25) is 4.79 Å². The van der Waals surface area contributed by atoms with E-state index >= 15 is 0 Å². The van der Waals surface area contributed by atoms with E-state index in [-0.39, 0.29) is 5.91 Å². The van der Waals surface area contributed by atoms with Crippen LogP contribution in [0.4, 0.5) is 5.69 Å². The summed E-state index contributed by atoms with van der Waals surface area (Å²) < 4.78 is 5.11. The van der Waals surface area contributed by atoms with E-state index in [4.69, 9.17) is 22.1 Å². The van der Waals surface area contributed by atoms with Gasteiger partial charge in [-0.1, -0.05) is 37.3 Å². The van der Waals surface area contributed by atoms with Gasteiger partial charge >= 0.3 is 0 Å². The first-order chi connectivity index (χ1) is 10.1. The van der Waals surface area contributed by atoms with Crippen LogP contribution in [0.5, 0.6) is 5.75 Å². The van der Waals surface area contributed by atoms with Crippen LogP contribution in [0.2, 0.25) is 5.02 Å². The molecule has 0 unspecified atom stereocenters. The van der Waals surface area contributed by atoms with Gasteiger partial charge in [0.25, 0.3) is 0 Å². The summed E-state index contributed by atoms with van der Waals surface area (Å²) in [6.07, 6.45) is 6.22. The van der Waals surface area contributed by atoms with Gasteiger partial charge < -0.3 is 15.8 Å². The van der Waals surface area contributed by atoms with E-state index in [1.807, 2.05) is 0 Å². The molecule has 1 aliphatic carbocycles. The Hall–Kier alpha value is -1.26. The Labute approximate surface area is 131 Å². The molecule has 0 radical (unpaired) electrons. The third-order valence-corrected chi connectivity index (χ3v) is 4.64. The lowest BCUT2D eigenvalue weighted by Gasteiger charge is -2.29. The predicted molar refractivity (Wildman–Crippen MR) is 85.8 cm³/mol. The molecule has 0 atom stereocenters. The van der Waals surface area contributed by atoms with Gasteiger partial charge in [-0.2, -0.15) is 0 Å². The number of benzene rings is 1. The number of hydrogen-bond donors (Lipinski definition) is 2. The van der Waals surface area contributed by atoms with E-state index < -0.39 is 5.41 Å². The van der Waals surface area contributed by atoms with Crippen molar-refractivity contribution >= 4 is 23.2 Å². The highest BCUT2D eigenvalue weighted by atomic mass is 35.5. The highest BCUT2D eigenvalue weighted by molar-refractivity contribution is 6.32. The van der Waals surface area contributed by atoms with Crippen LogP contribution < -0.4 is 15.8 Å². The normalized spacial score (nSPS) is 17.9. The molecule has 21 heavy (non-hydrogen) atoms. The van der Waals surface area contributed by atoms with E-state index in [9.17, 15) is 4.79 Å². The fourth-order valence-electron chi connectivity index (χ4n) is 2.94.